The van der Waals surface area contributed by atoms with Gasteiger partial charge in [0, 0.05) is 11.6 Å². The zero-order chi connectivity index (χ0) is 15.7. The van der Waals surface area contributed by atoms with Gasteiger partial charge in [-0.2, -0.15) is 0 Å². The molecule has 0 amide bonds. The molecular weight excluding hydrogens is 298 g/mol. The lowest BCUT2D eigenvalue weighted by Gasteiger charge is -2.14. The van der Waals surface area contributed by atoms with Crippen LogP contribution in [0.25, 0.3) is 0 Å². The summed E-state index contributed by atoms with van der Waals surface area (Å²) in [5.74, 6) is -0.0818. The number of aryl methyl sites for hydroxylation is 1. The molecule has 114 valence electrons. The molecule has 0 unspecified atom stereocenters. The van der Waals surface area contributed by atoms with Crippen LogP contribution in [-0.4, -0.2) is 14.2 Å². The third kappa shape index (κ3) is 2.82. The van der Waals surface area contributed by atoms with Crippen LogP contribution < -0.4 is 4.72 Å². The highest BCUT2D eigenvalue weighted by Crippen LogP contribution is 2.32. The second-order valence-corrected chi connectivity index (χ2v) is 7.21. The van der Waals surface area contributed by atoms with Gasteiger partial charge in [-0.1, -0.05) is 36.4 Å². The Hall–Kier alpha value is -1.98. The number of sulfonamides is 1. The number of carbonyl (C=O) groups is 1. The zero-order valence-corrected chi connectivity index (χ0v) is 13.1. The van der Waals surface area contributed by atoms with E-state index in [2.05, 4.69) is 4.72 Å². The topological polar surface area (TPSA) is 63.2 Å². The first-order valence-corrected chi connectivity index (χ1v) is 8.67. The zero-order valence-electron chi connectivity index (χ0n) is 12.2. The number of rotatable bonds is 4. The summed E-state index contributed by atoms with van der Waals surface area (Å²) in [6.07, 6.45) is 1.65. The van der Waals surface area contributed by atoms with Gasteiger partial charge in [0.05, 0.1) is 4.90 Å². The molecule has 0 aliphatic heterocycles. The van der Waals surface area contributed by atoms with E-state index in [4.69, 9.17) is 0 Å². The van der Waals surface area contributed by atoms with Crippen molar-refractivity contribution >= 4 is 15.8 Å². The predicted octanol–water partition coefficient (Wildman–Crippen LogP) is 2.86. The molecule has 0 fully saturated rings. The Morgan fingerprint density at radius 1 is 1.09 bits per heavy atom. The van der Waals surface area contributed by atoms with Crippen LogP contribution in [0.15, 0.2) is 53.4 Å². The maximum Gasteiger partial charge on any atom is 0.241 e. The highest BCUT2D eigenvalue weighted by Gasteiger charge is 2.27. The minimum absolute atomic E-state index is 0.0818. The Labute approximate surface area is 130 Å². The predicted molar refractivity (Wildman–Crippen MR) is 84.3 cm³/mol. The average molecular weight is 315 g/mol. The second kappa shape index (κ2) is 5.66. The van der Waals surface area contributed by atoms with Crippen LogP contribution in [0.4, 0.5) is 0 Å². The number of fused-ring (bicyclic) bond motifs is 1. The van der Waals surface area contributed by atoms with E-state index in [1.807, 2.05) is 24.3 Å². The molecule has 2 aromatic rings. The summed E-state index contributed by atoms with van der Waals surface area (Å²) in [4.78, 5) is 11.4. The average Bonchev–Trinajstić information content (AvgIpc) is 2.90. The van der Waals surface area contributed by atoms with Gasteiger partial charge in [-0.3, -0.25) is 4.79 Å². The van der Waals surface area contributed by atoms with Gasteiger partial charge >= 0.3 is 0 Å². The van der Waals surface area contributed by atoms with E-state index in [1.165, 1.54) is 24.6 Å². The third-order valence-electron chi connectivity index (χ3n) is 4.00. The van der Waals surface area contributed by atoms with Crippen molar-refractivity contribution in [1.82, 2.24) is 4.72 Å². The van der Waals surface area contributed by atoms with Crippen LogP contribution in [0.3, 0.4) is 0 Å². The summed E-state index contributed by atoms with van der Waals surface area (Å²) in [5, 5.41) is 0. The minimum Gasteiger partial charge on any atom is -0.295 e. The molecule has 1 aliphatic carbocycles. The lowest BCUT2D eigenvalue weighted by Crippen LogP contribution is -2.27. The lowest BCUT2D eigenvalue weighted by molar-refractivity contribution is 0.101. The molecule has 0 saturated heterocycles. The first-order chi connectivity index (χ1) is 10.5. The number of carbonyl (C=O) groups excluding carboxylic acids is 1. The van der Waals surface area contributed by atoms with Crippen molar-refractivity contribution in [3.05, 3.63) is 65.2 Å². The molecule has 0 heterocycles. The molecule has 1 aliphatic rings. The van der Waals surface area contributed by atoms with Gasteiger partial charge in [-0.15, -0.1) is 0 Å². The molecule has 0 radical (unpaired) electrons. The van der Waals surface area contributed by atoms with Gasteiger partial charge < -0.3 is 0 Å². The Kier molecular flexibility index (Phi) is 3.85. The van der Waals surface area contributed by atoms with Gasteiger partial charge in [-0.05, 0) is 43.0 Å². The van der Waals surface area contributed by atoms with Gasteiger partial charge in [-0.25, -0.2) is 13.1 Å². The maximum absolute atomic E-state index is 12.5. The van der Waals surface area contributed by atoms with Crippen molar-refractivity contribution in [3.8, 4) is 0 Å². The van der Waals surface area contributed by atoms with E-state index in [9.17, 15) is 13.2 Å². The number of hydrogen-bond donors (Lipinski definition) is 1. The highest BCUT2D eigenvalue weighted by atomic mass is 32.2. The number of benzene rings is 2. The molecule has 0 spiro atoms. The van der Waals surface area contributed by atoms with Crippen LogP contribution in [0.5, 0.6) is 0 Å². The molecule has 4 nitrogen and oxygen atoms in total. The van der Waals surface area contributed by atoms with Crippen molar-refractivity contribution in [1.29, 1.82) is 0 Å². The van der Waals surface area contributed by atoms with Crippen LogP contribution in [0, 0.1) is 0 Å². The molecule has 2 aromatic carbocycles. The third-order valence-corrected chi connectivity index (χ3v) is 5.49. The van der Waals surface area contributed by atoms with Gasteiger partial charge in [0.2, 0.25) is 10.0 Å². The summed E-state index contributed by atoms with van der Waals surface area (Å²) < 4.78 is 27.7. The number of nitrogens with one attached hydrogen (secondary N) is 1. The second-order valence-electron chi connectivity index (χ2n) is 5.49. The van der Waals surface area contributed by atoms with Crippen molar-refractivity contribution in [2.75, 3.05) is 0 Å². The summed E-state index contributed by atoms with van der Waals surface area (Å²) in [6, 6.07) is 13.7. The summed E-state index contributed by atoms with van der Waals surface area (Å²) >= 11 is 0. The molecule has 0 saturated carbocycles. The Bertz CT molecular complexity index is 810. The van der Waals surface area contributed by atoms with Crippen molar-refractivity contribution in [2.45, 2.75) is 30.7 Å². The smallest absolute Gasteiger partial charge is 0.241 e. The molecule has 1 N–H and O–H groups in total. The van der Waals surface area contributed by atoms with Gasteiger partial charge in [0.1, 0.15) is 0 Å². The maximum atomic E-state index is 12.5. The van der Waals surface area contributed by atoms with Crippen molar-refractivity contribution in [3.63, 3.8) is 0 Å². The number of ketones is 1. The van der Waals surface area contributed by atoms with Crippen molar-refractivity contribution < 1.29 is 13.2 Å². The minimum atomic E-state index is -3.59. The van der Waals surface area contributed by atoms with E-state index >= 15 is 0 Å². The van der Waals surface area contributed by atoms with Crippen molar-refractivity contribution in [2.24, 2.45) is 0 Å². The van der Waals surface area contributed by atoms with Crippen LogP contribution in [0.2, 0.25) is 0 Å². The highest BCUT2D eigenvalue weighted by molar-refractivity contribution is 7.89. The van der Waals surface area contributed by atoms with Crippen LogP contribution >= 0.6 is 0 Å². The first kappa shape index (κ1) is 14.9. The molecule has 5 heteroatoms. The first-order valence-electron chi connectivity index (χ1n) is 7.18. The van der Waals surface area contributed by atoms with E-state index < -0.39 is 10.0 Å². The SMILES string of the molecule is CC(=O)c1ccc(S(=O)(=O)N[C@@H]2CCc3ccccc32)cc1. The van der Waals surface area contributed by atoms with Gasteiger partial charge in [0.25, 0.3) is 0 Å². The standard InChI is InChI=1S/C17H17NO3S/c1-12(19)13-6-9-15(10-7-13)22(20,21)18-17-11-8-14-4-2-3-5-16(14)17/h2-7,9-10,17-18H,8,11H2,1H3/t17-/m1/s1. The quantitative estimate of drug-likeness (QED) is 0.882. The Morgan fingerprint density at radius 3 is 2.45 bits per heavy atom. The number of hydrogen-bond acceptors (Lipinski definition) is 3. The van der Waals surface area contributed by atoms with Gasteiger partial charge in [0.15, 0.2) is 5.78 Å². The Morgan fingerprint density at radius 2 is 1.77 bits per heavy atom. The monoisotopic (exact) mass is 315 g/mol. The molecule has 3 rings (SSSR count). The summed E-state index contributed by atoms with van der Waals surface area (Å²) in [5.41, 5.74) is 2.75. The van der Waals surface area contributed by atoms with Crippen LogP contribution in [-0.2, 0) is 16.4 Å². The number of Topliss-reactive ketones (excluding diaryl/α,β-unsaturated/α-hetero) is 1. The van der Waals surface area contributed by atoms with E-state index in [1.54, 1.807) is 12.1 Å². The fraction of sp³-hybridized carbons (Fsp3) is 0.235. The fourth-order valence-corrected chi connectivity index (χ4v) is 4.05. The molecule has 0 bridgehead atoms. The Balaban J connectivity index is 1.84. The van der Waals surface area contributed by atoms with E-state index in [-0.39, 0.29) is 16.7 Å². The fourth-order valence-electron chi connectivity index (χ4n) is 2.80. The lowest BCUT2D eigenvalue weighted by atomic mass is 10.1. The van der Waals surface area contributed by atoms with E-state index in [0.717, 1.165) is 18.4 Å². The summed E-state index contributed by atoms with van der Waals surface area (Å²) in [6.45, 7) is 1.46. The molecule has 0 aromatic heterocycles. The largest absolute Gasteiger partial charge is 0.295 e. The van der Waals surface area contributed by atoms with E-state index in [0.29, 0.717) is 5.56 Å². The molecule has 22 heavy (non-hydrogen) atoms. The molecule has 1 atom stereocenters. The summed E-state index contributed by atoms with van der Waals surface area (Å²) in [7, 11) is -3.59. The molecular formula is C17H17NO3S. The van der Waals surface area contributed by atoms with Crippen LogP contribution in [0.1, 0.15) is 40.9 Å². The normalized spacial score (nSPS) is 17.2.